The van der Waals surface area contributed by atoms with Crippen LogP contribution in [-0.2, 0) is 16.1 Å². The minimum absolute atomic E-state index is 0.189. The Morgan fingerprint density at radius 2 is 1.83 bits per heavy atom. The van der Waals surface area contributed by atoms with Crippen LogP contribution in [0.5, 0.6) is 0 Å². The number of amides is 2. The normalized spacial score (nSPS) is 16.9. The number of ether oxygens (including phenoxy) is 1. The van der Waals surface area contributed by atoms with E-state index in [0.29, 0.717) is 42.5 Å². The Bertz CT molecular complexity index is 895. The molecule has 6 nitrogen and oxygen atoms in total. The van der Waals surface area contributed by atoms with Gasteiger partial charge in [-0.25, -0.2) is 0 Å². The van der Waals surface area contributed by atoms with Gasteiger partial charge in [-0.1, -0.05) is 23.7 Å². The molecule has 2 aliphatic heterocycles. The van der Waals surface area contributed by atoms with Crippen LogP contribution in [0.3, 0.4) is 0 Å². The second-order valence-corrected chi connectivity index (χ2v) is 7.77. The van der Waals surface area contributed by atoms with Crippen molar-refractivity contribution in [3.63, 3.8) is 0 Å². The van der Waals surface area contributed by atoms with Crippen molar-refractivity contribution >= 4 is 34.8 Å². The molecule has 2 aliphatic rings. The average Bonchev–Trinajstić information content (AvgIpc) is 3.14. The molecule has 0 saturated carbocycles. The number of morpholine rings is 1. The molecule has 7 heteroatoms. The number of halogens is 1. The number of carbonyl (C=O) groups is 2. The second kappa shape index (κ2) is 8.84. The SMILES string of the molecule is O=C(Nc1cc(Cl)ccc1N1CCOCC1)c1ccc(CN2CCCC2=O)cc1. The predicted octanol–water partition coefficient (Wildman–Crippen LogP) is 3.55. The number of likely N-dealkylation sites (tertiary alicyclic amines) is 1. The van der Waals surface area contributed by atoms with Crippen LogP contribution in [-0.4, -0.2) is 49.6 Å². The lowest BCUT2D eigenvalue weighted by Gasteiger charge is -2.30. The third-order valence-corrected chi connectivity index (χ3v) is 5.55. The van der Waals surface area contributed by atoms with Crippen LogP contribution < -0.4 is 10.2 Å². The van der Waals surface area contributed by atoms with Crippen LogP contribution in [0.25, 0.3) is 0 Å². The summed E-state index contributed by atoms with van der Waals surface area (Å²) in [5.41, 5.74) is 3.22. The molecule has 152 valence electrons. The fourth-order valence-electron chi connectivity index (χ4n) is 3.74. The number of nitrogens with zero attached hydrogens (tertiary/aromatic N) is 2. The number of benzene rings is 2. The van der Waals surface area contributed by atoms with Gasteiger partial charge in [-0.3, -0.25) is 9.59 Å². The maximum absolute atomic E-state index is 12.8. The highest BCUT2D eigenvalue weighted by Gasteiger charge is 2.20. The van der Waals surface area contributed by atoms with Crippen molar-refractivity contribution < 1.29 is 14.3 Å². The van der Waals surface area contributed by atoms with Gasteiger partial charge < -0.3 is 19.9 Å². The Kier molecular flexibility index (Phi) is 6.02. The summed E-state index contributed by atoms with van der Waals surface area (Å²) < 4.78 is 5.42. The van der Waals surface area contributed by atoms with Crippen LogP contribution in [0.1, 0.15) is 28.8 Å². The van der Waals surface area contributed by atoms with Gasteiger partial charge in [0.15, 0.2) is 0 Å². The van der Waals surface area contributed by atoms with Crippen molar-refractivity contribution in [3.8, 4) is 0 Å². The molecule has 0 aliphatic carbocycles. The van der Waals surface area contributed by atoms with Crippen molar-refractivity contribution in [1.29, 1.82) is 0 Å². The molecule has 0 bridgehead atoms. The van der Waals surface area contributed by atoms with Crippen molar-refractivity contribution in [2.75, 3.05) is 43.1 Å². The minimum Gasteiger partial charge on any atom is -0.378 e. The molecule has 2 aromatic carbocycles. The zero-order valence-electron chi connectivity index (χ0n) is 16.2. The molecule has 2 fully saturated rings. The zero-order chi connectivity index (χ0) is 20.2. The van der Waals surface area contributed by atoms with Crippen molar-refractivity contribution in [2.24, 2.45) is 0 Å². The molecule has 1 N–H and O–H groups in total. The van der Waals surface area contributed by atoms with Gasteiger partial charge in [0.25, 0.3) is 5.91 Å². The molecule has 0 unspecified atom stereocenters. The average molecular weight is 414 g/mol. The quantitative estimate of drug-likeness (QED) is 0.814. The summed E-state index contributed by atoms with van der Waals surface area (Å²) in [4.78, 5) is 28.6. The van der Waals surface area contributed by atoms with Gasteiger partial charge in [0.2, 0.25) is 5.91 Å². The molecular weight excluding hydrogens is 390 g/mol. The lowest BCUT2D eigenvalue weighted by Crippen LogP contribution is -2.36. The Balaban J connectivity index is 1.46. The van der Waals surface area contributed by atoms with Gasteiger partial charge >= 0.3 is 0 Å². The van der Waals surface area contributed by atoms with E-state index in [1.54, 1.807) is 18.2 Å². The standard InChI is InChI=1S/C22H24ClN3O3/c23-18-7-8-20(25-10-12-29-13-11-25)19(14-18)24-22(28)17-5-3-16(4-6-17)15-26-9-1-2-21(26)27/h3-8,14H,1-2,9-13,15H2,(H,24,28). The van der Waals surface area contributed by atoms with Gasteiger partial charge in [-0.2, -0.15) is 0 Å². The van der Waals surface area contributed by atoms with Gasteiger partial charge in [-0.15, -0.1) is 0 Å². The summed E-state index contributed by atoms with van der Waals surface area (Å²) in [6, 6.07) is 12.9. The second-order valence-electron chi connectivity index (χ2n) is 7.33. The summed E-state index contributed by atoms with van der Waals surface area (Å²) in [5, 5.41) is 3.57. The first kappa shape index (κ1) is 19.7. The highest BCUT2D eigenvalue weighted by Crippen LogP contribution is 2.30. The number of carbonyl (C=O) groups excluding carboxylic acids is 2. The molecule has 2 heterocycles. The molecule has 0 spiro atoms. The van der Waals surface area contributed by atoms with Gasteiger partial charge in [0, 0.05) is 43.2 Å². The van der Waals surface area contributed by atoms with E-state index >= 15 is 0 Å². The Labute approximate surface area is 175 Å². The molecule has 2 amide bonds. The molecule has 4 rings (SSSR count). The number of nitrogens with one attached hydrogen (secondary N) is 1. The van der Waals surface area contributed by atoms with Gasteiger partial charge in [0.05, 0.1) is 24.6 Å². The fraction of sp³-hybridized carbons (Fsp3) is 0.364. The number of anilines is 2. The third-order valence-electron chi connectivity index (χ3n) is 5.32. The van der Waals surface area contributed by atoms with E-state index in [1.807, 2.05) is 29.2 Å². The highest BCUT2D eigenvalue weighted by atomic mass is 35.5. The zero-order valence-corrected chi connectivity index (χ0v) is 17.0. The van der Waals surface area contributed by atoms with Crippen LogP contribution >= 0.6 is 11.6 Å². The number of hydrogen-bond acceptors (Lipinski definition) is 4. The molecule has 0 atom stereocenters. The predicted molar refractivity (Wildman–Crippen MR) is 114 cm³/mol. The minimum atomic E-state index is -0.189. The van der Waals surface area contributed by atoms with E-state index in [2.05, 4.69) is 10.2 Å². The number of hydrogen-bond donors (Lipinski definition) is 1. The molecule has 0 aromatic heterocycles. The third kappa shape index (κ3) is 4.71. The summed E-state index contributed by atoms with van der Waals surface area (Å²) in [6.07, 6.45) is 1.55. The van der Waals surface area contributed by atoms with E-state index in [-0.39, 0.29) is 11.8 Å². The van der Waals surface area contributed by atoms with Gasteiger partial charge in [0.1, 0.15) is 0 Å². The van der Waals surface area contributed by atoms with Crippen molar-refractivity contribution in [1.82, 2.24) is 4.90 Å². The van der Waals surface area contributed by atoms with Crippen LogP contribution in [0.4, 0.5) is 11.4 Å². The fourth-order valence-corrected chi connectivity index (χ4v) is 3.91. The van der Waals surface area contributed by atoms with E-state index < -0.39 is 0 Å². The van der Waals surface area contributed by atoms with Crippen molar-refractivity contribution in [2.45, 2.75) is 19.4 Å². The summed E-state index contributed by atoms with van der Waals surface area (Å²) in [7, 11) is 0. The van der Waals surface area contributed by atoms with Crippen molar-refractivity contribution in [3.05, 3.63) is 58.6 Å². The molecule has 2 saturated heterocycles. The largest absolute Gasteiger partial charge is 0.378 e. The summed E-state index contributed by atoms with van der Waals surface area (Å²) in [6.45, 7) is 4.27. The first-order valence-electron chi connectivity index (χ1n) is 9.90. The lowest BCUT2D eigenvalue weighted by molar-refractivity contribution is -0.128. The molecule has 29 heavy (non-hydrogen) atoms. The Hall–Kier alpha value is -2.57. The first-order chi connectivity index (χ1) is 14.1. The van der Waals surface area contributed by atoms with Crippen LogP contribution in [0.15, 0.2) is 42.5 Å². The smallest absolute Gasteiger partial charge is 0.255 e. The summed E-state index contributed by atoms with van der Waals surface area (Å²) >= 11 is 6.17. The van der Waals surface area contributed by atoms with E-state index in [0.717, 1.165) is 37.3 Å². The van der Waals surface area contributed by atoms with E-state index in [4.69, 9.17) is 16.3 Å². The lowest BCUT2D eigenvalue weighted by atomic mass is 10.1. The monoisotopic (exact) mass is 413 g/mol. The first-order valence-corrected chi connectivity index (χ1v) is 10.3. The van der Waals surface area contributed by atoms with E-state index in [9.17, 15) is 9.59 Å². The topological polar surface area (TPSA) is 61.9 Å². The Morgan fingerprint density at radius 3 is 2.52 bits per heavy atom. The van der Waals surface area contributed by atoms with Crippen LogP contribution in [0.2, 0.25) is 5.02 Å². The maximum Gasteiger partial charge on any atom is 0.255 e. The molecular formula is C22H24ClN3O3. The molecule has 0 radical (unpaired) electrons. The highest BCUT2D eigenvalue weighted by molar-refractivity contribution is 6.31. The van der Waals surface area contributed by atoms with E-state index in [1.165, 1.54) is 0 Å². The summed E-state index contributed by atoms with van der Waals surface area (Å²) in [5.74, 6) is 0.00833. The van der Waals surface area contributed by atoms with Gasteiger partial charge in [-0.05, 0) is 42.3 Å². The maximum atomic E-state index is 12.8. The van der Waals surface area contributed by atoms with Crippen LogP contribution in [0, 0.1) is 0 Å². The Morgan fingerprint density at radius 1 is 1.07 bits per heavy atom. The number of rotatable bonds is 5. The molecule has 2 aromatic rings.